The van der Waals surface area contributed by atoms with Gasteiger partial charge in [-0.2, -0.15) is 0 Å². The highest BCUT2D eigenvalue weighted by molar-refractivity contribution is 5.72. The molecule has 0 saturated carbocycles. The Balaban J connectivity index is 2.01. The summed E-state index contributed by atoms with van der Waals surface area (Å²) in [5.41, 5.74) is 7.10. The minimum atomic E-state index is -0.451. The van der Waals surface area contributed by atoms with Gasteiger partial charge in [0.2, 0.25) is 0 Å². The van der Waals surface area contributed by atoms with Crippen molar-refractivity contribution in [3.8, 4) is 5.75 Å². The van der Waals surface area contributed by atoms with E-state index < -0.39 is 4.92 Å². The molecule has 7 heteroatoms. The van der Waals surface area contributed by atoms with Gasteiger partial charge in [0, 0.05) is 42.8 Å². The van der Waals surface area contributed by atoms with Crippen molar-refractivity contribution < 1.29 is 9.66 Å². The fourth-order valence-corrected chi connectivity index (χ4v) is 2.06. The highest BCUT2D eigenvalue weighted by atomic mass is 16.6. The number of benzene rings is 1. The average Bonchev–Trinajstić information content (AvgIpc) is 2.40. The van der Waals surface area contributed by atoms with Crippen LogP contribution in [-0.2, 0) is 0 Å². The van der Waals surface area contributed by atoms with E-state index in [0.717, 1.165) is 24.5 Å². The maximum absolute atomic E-state index is 10.8. The summed E-state index contributed by atoms with van der Waals surface area (Å²) in [5.74, 6) is 0.270. The van der Waals surface area contributed by atoms with Gasteiger partial charge in [0.25, 0.3) is 0 Å². The molecule has 0 unspecified atom stereocenters. The number of hydrogen-bond donors (Lipinski definition) is 1. The molecule has 1 saturated heterocycles. The van der Waals surface area contributed by atoms with Gasteiger partial charge in [0.05, 0.1) is 18.1 Å². The molecular weight excluding hydrogens is 272 g/mol. The van der Waals surface area contributed by atoms with E-state index in [-0.39, 0.29) is 17.5 Å². The van der Waals surface area contributed by atoms with Gasteiger partial charge < -0.3 is 15.4 Å². The first kappa shape index (κ1) is 14.8. The molecule has 1 aliphatic heterocycles. The Morgan fingerprint density at radius 1 is 1.57 bits per heavy atom. The standard InChI is InChI=1S/C14H18N4O3/c1-10(15)5-6-16-11-8-17(9-11)12-3-4-13(18(19)20)14(7-12)21-2/h3-7,11H,8-9,15H2,1-2H3. The summed E-state index contributed by atoms with van der Waals surface area (Å²) < 4.78 is 5.06. The molecule has 0 bridgehead atoms. The molecule has 0 aliphatic carbocycles. The number of ether oxygens (including phenoxy) is 1. The zero-order chi connectivity index (χ0) is 15.4. The lowest BCUT2D eigenvalue weighted by molar-refractivity contribution is -0.385. The maximum Gasteiger partial charge on any atom is 0.311 e. The van der Waals surface area contributed by atoms with E-state index in [0.29, 0.717) is 0 Å². The van der Waals surface area contributed by atoms with Gasteiger partial charge in [-0.25, -0.2) is 0 Å². The zero-order valence-corrected chi connectivity index (χ0v) is 12.0. The summed E-state index contributed by atoms with van der Waals surface area (Å²) in [5, 5.41) is 10.8. The quantitative estimate of drug-likeness (QED) is 0.506. The number of rotatable bonds is 5. The molecule has 2 N–H and O–H groups in total. The molecule has 0 spiro atoms. The lowest BCUT2D eigenvalue weighted by atomic mass is 10.1. The van der Waals surface area contributed by atoms with Crippen molar-refractivity contribution in [2.24, 2.45) is 10.7 Å². The SMILES string of the molecule is COc1cc(N2CC(N=CC=C(C)N)C2)ccc1[N+](=O)[O-]. The Morgan fingerprint density at radius 2 is 2.29 bits per heavy atom. The van der Waals surface area contributed by atoms with E-state index >= 15 is 0 Å². The first-order chi connectivity index (χ1) is 10.0. The van der Waals surface area contributed by atoms with E-state index in [2.05, 4.69) is 9.89 Å². The number of methoxy groups -OCH3 is 1. The van der Waals surface area contributed by atoms with Crippen LogP contribution in [0.3, 0.4) is 0 Å². The van der Waals surface area contributed by atoms with Gasteiger partial charge >= 0.3 is 5.69 Å². The van der Waals surface area contributed by atoms with Gasteiger partial charge in [-0.3, -0.25) is 15.1 Å². The van der Waals surface area contributed by atoms with Crippen LogP contribution >= 0.6 is 0 Å². The predicted molar refractivity (Wildman–Crippen MR) is 82.1 cm³/mol. The van der Waals surface area contributed by atoms with Crippen molar-refractivity contribution in [1.82, 2.24) is 0 Å². The van der Waals surface area contributed by atoms with Crippen molar-refractivity contribution in [2.45, 2.75) is 13.0 Å². The summed E-state index contributed by atoms with van der Waals surface area (Å²) in [6.07, 6.45) is 3.48. The van der Waals surface area contributed by atoms with E-state index in [1.807, 2.05) is 6.92 Å². The van der Waals surface area contributed by atoms with Crippen LogP contribution in [0.4, 0.5) is 11.4 Å². The molecule has 2 rings (SSSR count). The monoisotopic (exact) mass is 290 g/mol. The van der Waals surface area contributed by atoms with Crippen LogP contribution in [0.2, 0.25) is 0 Å². The second kappa shape index (κ2) is 6.25. The van der Waals surface area contributed by atoms with Crippen LogP contribution in [-0.4, -0.2) is 37.4 Å². The average molecular weight is 290 g/mol. The van der Waals surface area contributed by atoms with Gasteiger partial charge in [-0.15, -0.1) is 0 Å². The fourth-order valence-electron chi connectivity index (χ4n) is 2.06. The summed E-state index contributed by atoms with van der Waals surface area (Å²) in [4.78, 5) is 16.9. The van der Waals surface area contributed by atoms with Crippen LogP contribution in [0.25, 0.3) is 0 Å². The first-order valence-corrected chi connectivity index (χ1v) is 6.54. The smallest absolute Gasteiger partial charge is 0.311 e. The Hall–Kier alpha value is -2.57. The molecule has 1 heterocycles. The Labute approximate surface area is 122 Å². The van der Waals surface area contributed by atoms with Crippen molar-refractivity contribution in [3.63, 3.8) is 0 Å². The normalized spacial score (nSPS) is 16.1. The summed E-state index contributed by atoms with van der Waals surface area (Å²) >= 11 is 0. The van der Waals surface area contributed by atoms with Crippen LogP contribution in [0, 0.1) is 10.1 Å². The van der Waals surface area contributed by atoms with Crippen LogP contribution in [0.1, 0.15) is 6.92 Å². The molecule has 0 amide bonds. The van der Waals surface area contributed by atoms with Crippen molar-refractivity contribution in [2.75, 3.05) is 25.1 Å². The molecule has 0 atom stereocenters. The molecule has 0 aromatic heterocycles. The van der Waals surface area contributed by atoms with Gasteiger partial charge in [0.1, 0.15) is 0 Å². The Bertz CT molecular complexity index is 588. The molecule has 1 fully saturated rings. The van der Waals surface area contributed by atoms with Crippen LogP contribution in [0.15, 0.2) is 35.0 Å². The number of nitro benzene ring substituents is 1. The molecule has 112 valence electrons. The van der Waals surface area contributed by atoms with E-state index in [1.165, 1.54) is 13.2 Å². The number of nitrogens with zero attached hydrogens (tertiary/aromatic N) is 3. The number of aliphatic imine (C=N–C) groups is 1. The van der Waals surface area contributed by atoms with Gasteiger partial charge in [-0.05, 0) is 19.1 Å². The number of hydrogen-bond acceptors (Lipinski definition) is 6. The van der Waals surface area contributed by atoms with Crippen molar-refractivity contribution in [1.29, 1.82) is 0 Å². The van der Waals surface area contributed by atoms with Gasteiger partial charge in [0.15, 0.2) is 5.75 Å². The predicted octanol–water partition coefficient (Wildman–Crippen LogP) is 1.73. The molecule has 1 aliphatic rings. The first-order valence-electron chi connectivity index (χ1n) is 6.54. The van der Waals surface area contributed by atoms with Crippen LogP contribution < -0.4 is 15.4 Å². The third kappa shape index (κ3) is 3.50. The fraction of sp³-hybridized carbons (Fsp3) is 0.357. The lowest BCUT2D eigenvalue weighted by Crippen LogP contribution is -2.50. The molecular formula is C14H18N4O3. The molecule has 7 nitrogen and oxygen atoms in total. The summed E-state index contributed by atoms with van der Waals surface area (Å²) in [6, 6.07) is 5.10. The third-order valence-electron chi connectivity index (χ3n) is 3.22. The second-order valence-electron chi connectivity index (χ2n) is 4.88. The number of nitro groups is 1. The summed E-state index contributed by atoms with van der Waals surface area (Å²) in [7, 11) is 1.43. The lowest BCUT2D eigenvalue weighted by Gasteiger charge is -2.38. The van der Waals surface area contributed by atoms with E-state index in [1.54, 1.807) is 24.4 Å². The Morgan fingerprint density at radius 3 is 2.86 bits per heavy atom. The minimum absolute atomic E-state index is 0.0279. The molecule has 0 radical (unpaired) electrons. The van der Waals surface area contributed by atoms with E-state index in [4.69, 9.17) is 10.5 Å². The minimum Gasteiger partial charge on any atom is -0.490 e. The zero-order valence-electron chi connectivity index (χ0n) is 12.0. The number of nitrogens with two attached hydrogens (primary N) is 1. The topological polar surface area (TPSA) is 94.0 Å². The van der Waals surface area contributed by atoms with E-state index in [9.17, 15) is 10.1 Å². The molecule has 1 aromatic carbocycles. The van der Waals surface area contributed by atoms with Gasteiger partial charge in [-0.1, -0.05) is 0 Å². The number of anilines is 1. The van der Waals surface area contributed by atoms with Crippen molar-refractivity contribution in [3.05, 3.63) is 40.1 Å². The molecule has 21 heavy (non-hydrogen) atoms. The molecule has 1 aromatic rings. The second-order valence-corrected chi connectivity index (χ2v) is 4.88. The number of allylic oxidation sites excluding steroid dienone is 2. The van der Waals surface area contributed by atoms with Crippen LogP contribution in [0.5, 0.6) is 5.75 Å². The summed E-state index contributed by atoms with van der Waals surface area (Å²) in [6.45, 7) is 3.35. The third-order valence-corrected chi connectivity index (χ3v) is 3.22. The largest absolute Gasteiger partial charge is 0.490 e. The maximum atomic E-state index is 10.8. The van der Waals surface area contributed by atoms with Crippen molar-refractivity contribution >= 4 is 17.6 Å². The highest BCUT2D eigenvalue weighted by Crippen LogP contribution is 2.33. The Kier molecular flexibility index (Phi) is 4.42. The highest BCUT2D eigenvalue weighted by Gasteiger charge is 2.27.